The van der Waals surface area contributed by atoms with Crippen molar-refractivity contribution in [3.63, 3.8) is 0 Å². The molecular formula is C19H18N4O. The van der Waals surface area contributed by atoms with Crippen LogP contribution in [0.4, 0.5) is 10.5 Å². The average molecular weight is 318 g/mol. The van der Waals surface area contributed by atoms with Gasteiger partial charge in [0.05, 0.1) is 11.9 Å². The number of aromatic amines is 1. The largest absolute Gasteiger partial charge is 0.361 e. The Morgan fingerprint density at radius 2 is 2.12 bits per heavy atom. The molecule has 0 radical (unpaired) electrons. The molecule has 0 atom stereocenters. The number of carbonyl (C=O) groups is 1. The monoisotopic (exact) mass is 318 g/mol. The number of nitrogens with zero attached hydrogens (tertiary/aromatic N) is 2. The summed E-state index contributed by atoms with van der Waals surface area (Å²) >= 11 is 0. The van der Waals surface area contributed by atoms with Crippen LogP contribution in [0.1, 0.15) is 12.0 Å². The van der Waals surface area contributed by atoms with Gasteiger partial charge in [-0.3, -0.25) is 4.98 Å². The first kappa shape index (κ1) is 14.5. The van der Waals surface area contributed by atoms with E-state index in [0.717, 1.165) is 11.9 Å². The van der Waals surface area contributed by atoms with Crippen molar-refractivity contribution in [2.24, 2.45) is 0 Å². The quantitative estimate of drug-likeness (QED) is 0.753. The van der Waals surface area contributed by atoms with E-state index in [1.54, 1.807) is 18.5 Å². The van der Waals surface area contributed by atoms with E-state index in [2.05, 4.69) is 45.8 Å². The molecule has 3 heterocycles. The van der Waals surface area contributed by atoms with Crippen molar-refractivity contribution in [1.82, 2.24) is 14.9 Å². The number of benzene rings is 1. The number of carbonyl (C=O) groups excluding carboxylic acids is 1. The minimum absolute atomic E-state index is 0.0859. The number of H-pyrrole nitrogens is 1. The van der Waals surface area contributed by atoms with E-state index in [1.807, 2.05) is 17.0 Å². The summed E-state index contributed by atoms with van der Waals surface area (Å²) in [6, 6.07) is 11.8. The molecule has 0 aliphatic carbocycles. The second-order valence-corrected chi connectivity index (χ2v) is 5.85. The third-order valence-corrected chi connectivity index (χ3v) is 4.34. The summed E-state index contributed by atoms with van der Waals surface area (Å²) in [7, 11) is 0. The zero-order valence-corrected chi connectivity index (χ0v) is 13.2. The lowest BCUT2D eigenvalue weighted by atomic mass is 9.99. The van der Waals surface area contributed by atoms with Gasteiger partial charge in [-0.05, 0) is 30.2 Å². The second kappa shape index (κ2) is 6.20. The maximum Gasteiger partial charge on any atom is 0.322 e. The lowest BCUT2D eigenvalue weighted by Gasteiger charge is -2.26. The van der Waals surface area contributed by atoms with E-state index in [4.69, 9.17) is 0 Å². The van der Waals surface area contributed by atoms with E-state index in [-0.39, 0.29) is 6.03 Å². The Morgan fingerprint density at radius 3 is 2.92 bits per heavy atom. The van der Waals surface area contributed by atoms with Gasteiger partial charge < -0.3 is 15.2 Å². The molecule has 24 heavy (non-hydrogen) atoms. The number of nitrogens with one attached hydrogen (secondary N) is 2. The van der Waals surface area contributed by atoms with Gasteiger partial charge >= 0.3 is 6.03 Å². The SMILES string of the molecule is O=C(Nc1cccnc1)N1CC=C(c2c[nH]c3ccccc23)CC1. The number of hydrogen-bond acceptors (Lipinski definition) is 2. The molecular weight excluding hydrogens is 300 g/mol. The minimum atomic E-state index is -0.0859. The molecule has 1 aromatic carbocycles. The lowest BCUT2D eigenvalue weighted by Crippen LogP contribution is -2.37. The molecule has 0 saturated carbocycles. The molecule has 2 amide bonds. The van der Waals surface area contributed by atoms with Crippen molar-refractivity contribution < 1.29 is 4.79 Å². The number of para-hydroxylation sites is 1. The predicted octanol–water partition coefficient (Wildman–Crippen LogP) is 3.88. The molecule has 1 aliphatic heterocycles. The molecule has 4 rings (SSSR count). The number of amides is 2. The summed E-state index contributed by atoms with van der Waals surface area (Å²) in [5.41, 5.74) is 4.38. The summed E-state index contributed by atoms with van der Waals surface area (Å²) in [4.78, 5) is 21.5. The summed E-state index contributed by atoms with van der Waals surface area (Å²) in [6.45, 7) is 1.32. The molecule has 0 fully saturated rings. The highest BCUT2D eigenvalue weighted by Crippen LogP contribution is 2.29. The Balaban J connectivity index is 1.48. The number of fused-ring (bicyclic) bond motifs is 1. The molecule has 5 heteroatoms. The summed E-state index contributed by atoms with van der Waals surface area (Å²) in [5, 5.41) is 4.11. The fourth-order valence-corrected chi connectivity index (χ4v) is 3.07. The van der Waals surface area contributed by atoms with Crippen LogP contribution in [-0.4, -0.2) is 34.0 Å². The molecule has 0 bridgehead atoms. The second-order valence-electron chi connectivity index (χ2n) is 5.85. The number of rotatable bonds is 2. The lowest BCUT2D eigenvalue weighted by molar-refractivity contribution is 0.217. The van der Waals surface area contributed by atoms with Crippen LogP contribution < -0.4 is 5.32 Å². The van der Waals surface area contributed by atoms with Gasteiger partial charge in [0.25, 0.3) is 0 Å². The highest BCUT2D eigenvalue weighted by molar-refractivity contribution is 5.94. The smallest absolute Gasteiger partial charge is 0.322 e. The standard InChI is InChI=1S/C19H18N4O/c24-19(22-15-4-3-9-20-12-15)23-10-7-14(8-11-23)17-13-21-18-6-2-1-5-16(17)18/h1-7,9,12-13,21H,8,10-11H2,(H,22,24). The molecule has 0 saturated heterocycles. The average Bonchev–Trinajstić information content (AvgIpc) is 3.07. The van der Waals surface area contributed by atoms with Gasteiger partial charge in [0.15, 0.2) is 0 Å². The molecule has 1 aliphatic rings. The van der Waals surface area contributed by atoms with Crippen molar-refractivity contribution in [3.8, 4) is 0 Å². The molecule has 3 aromatic rings. The van der Waals surface area contributed by atoms with Crippen molar-refractivity contribution in [1.29, 1.82) is 0 Å². The molecule has 5 nitrogen and oxygen atoms in total. The fourth-order valence-electron chi connectivity index (χ4n) is 3.07. The van der Waals surface area contributed by atoms with Crippen LogP contribution in [-0.2, 0) is 0 Å². The highest BCUT2D eigenvalue weighted by Gasteiger charge is 2.19. The van der Waals surface area contributed by atoms with Crippen LogP contribution in [0.3, 0.4) is 0 Å². The zero-order valence-electron chi connectivity index (χ0n) is 13.2. The van der Waals surface area contributed by atoms with E-state index >= 15 is 0 Å². The first-order valence-corrected chi connectivity index (χ1v) is 8.03. The molecule has 2 aromatic heterocycles. The number of pyridine rings is 1. The first-order chi connectivity index (χ1) is 11.8. The van der Waals surface area contributed by atoms with E-state index < -0.39 is 0 Å². The topological polar surface area (TPSA) is 61.0 Å². The van der Waals surface area contributed by atoms with Crippen LogP contribution in [0.5, 0.6) is 0 Å². The van der Waals surface area contributed by atoms with Crippen LogP contribution in [0.15, 0.2) is 61.1 Å². The minimum Gasteiger partial charge on any atom is -0.361 e. The van der Waals surface area contributed by atoms with Crippen molar-refractivity contribution in [2.75, 3.05) is 18.4 Å². The van der Waals surface area contributed by atoms with Gasteiger partial charge in [0.1, 0.15) is 0 Å². The fraction of sp³-hybridized carbons (Fsp3) is 0.158. The van der Waals surface area contributed by atoms with Gasteiger partial charge in [-0.1, -0.05) is 24.3 Å². The van der Waals surface area contributed by atoms with Gasteiger partial charge in [0, 0.05) is 41.9 Å². The zero-order chi connectivity index (χ0) is 16.4. The molecule has 0 unspecified atom stereocenters. The Hall–Kier alpha value is -3.08. The van der Waals surface area contributed by atoms with Gasteiger partial charge in [0.2, 0.25) is 0 Å². The number of urea groups is 1. The number of hydrogen-bond donors (Lipinski definition) is 2. The van der Waals surface area contributed by atoms with Crippen LogP contribution in [0.25, 0.3) is 16.5 Å². The molecule has 120 valence electrons. The Labute approximate surface area is 140 Å². The Bertz CT molecular complexity index is 898. The maximum atomic E-state index is 12.3. The van der Waals surface area contributed by atoms with Crippen LogP contribution in [0, 0.1) is 0 Å². The van der Waals surface area contributed by atoms with Crippen molar-refractivity contribution in [3.05, 3.63) is 66.6 Å². The van der Waals surface area contributed by atoms with E-state index in [1.165, 1.54) is 16.5 Å². The van der Waals surface area contributed by atoms with E-state index in [9.17, 15) is 4.79 Å². The summed E-state index contributed by atoms with van der Waals surface area (Å²) < 4.78 is 0. The van der Waals surface area contributed by atoms with Gasteiger partial charge in [-0.15, -0.1) is 0 Å². The third-order valence-electron chi connectivity index (χ3n) is 4.34. The normalized spacial score (nSPS) is 14.5. The van der Waals surface area contributed by atoms with E-state index in [0.29, 0.717) is 18.8 Å². The third kappa shape index (κ3) is 2.76. The highest BCUT2D eigenvalue weighted by atomic mass is 16.2. The predicted molar refractivity (Wildman–Crippen MR) is 95.7 cm³/mol. The molecule has 2 N–H and O–H groups in total. The maximum absolute atomic E-state index is 12.3. The van der Waals surface area contributed by atoms with Crippen LogP contribution in [0.2, 0.25) is 0 Å². The summed E-state index contributed by atoms with van der Waals surface area (Å²) in [5.74, 6) is 0. The Morgan fingerprint density at radius 1 is 1.21 bits per heavy atom. The van der Waals surface area contributed by atoms with Gasteiger partial charge in [-0.25, -0.2) is 4.79 Å². The summed E-state index contributed by atoms with van der Waals surface area (Å²) in [6.07, 6.45) is 8.38. The number of aromatic nitrogens is 2. The van der Waals surface area contributed by atoms with Crippen molar-refractivity contribution >= 4 is 28.2 Å². The first-order valence-electron chi connectivity index (χ1n) is 8.03. The Kier molecular flexibility index (Phi) is 3.75. The van der Waals surface area contributed by atoms with Crippen LogP contribution >= 0.6 is 0 Å². The molecule has 0 spiro atoms. The van der Waals surface area contributed by atoms with Crippen molar-refractivity contribution in [2.45, 2.75) is 6.42 Å². The van der Waals surface area contributed by atoms with Gasteiger partial charge in [-0.2, -0.15) is 0 Å². The number of anilines is 1.